The number of nitrogens with zero attached hydrogens (tertiary/aromatic N) is 1. The Kier molecular flexibility index (Phi) is 2.80. The largest absolute Gasteiger partial charge is 0.452 e. The summed E-state index contributed by atoms with van der Waals surface area (Å²) in [5.41, 5.74) is 1.21. The zero-order valence-corrected chi connectivity index (χ0v) is 10.3. The van der Waals surface area contributed by atoms with Crippen molar-refractivity contribution in [1.82, 2.24) is 0 Å². The van der Waals surface area contributed by atoms with Crippen LogP contribution in [-0.2, 0) is 0 Å². The molecular weight excluding hydrogens is 258 g/mol. The molecule has 0 amide bonds. The number of ether oxygens (including phenoxy) is 1. The standard InChI is InChI=1S/C15H9NO4/c17-15-12-3-1-2-4-13(12)20-14(15)9-10-5-7-11(8-6-10)16(18)19/h1-9H/b14-9-. The topological polar surface area (TPSA) is 69.4 Å². The summed E-state index contributed by atoms with van der Waals surface area (Å²) < 4.78 is 5.48. The first-order chi connectivity index (χ1) is 9.65. The fraction of sp³-hybridized carbons (Fsp3) is 0. The number of hydrogen-bond donors (Lipinski definition) is 0. The number of fused-ring (bicyclic) bond motifs is 1. The third-order valence-corrected chi connectivity index (χ3v) is 2.98. The van der Waals surface area contributed by atoms with E-state index in [4.69, 9.17) is 4.74 Å². The van der Waals surface area contributed by atoms with E-state index >= 15 is 0 Å². The van der Waals surface area contributed by atoms with Crippen molar-refractivity contribution in [3.63, 3.8) is 0 Å². The summed E-state index contributed by atoms with van der Waals surface area (Å²) in [5.74, 6) is 0.574. The highest BCUT2D eigenvalue weighted by molar-refractivity contribution is 6.14. The number of nitro groups is 1. The highest BCUT2D eigenvalue weighted by atomic mass is 16.6. The normalized spacial score (nSPS) is 15.0. The lowest BCUT2D eigenvalue weighted by Crippen LogP contribution is -1.98. The van der Waals surface area contributed by atoms with Gasteiger partial charge in [0.05, 0.1) is 10.5 Å². The number of Topliss-reactive ketones (excluding diaryl/α,β-unsaturated/α-hetero) is 1. The maximum atomic E-state index is 12.1. The van der Waals surface area contributed by atoms with E-state index in [-0.39, 0.29) is 17.2 Å². The Hall–Kier alpha value is -2.95. The molecule has 20 heavy (non-hydrogen) atoms. The van der Waals surface area contributed by atoms with Gasteiger partial charge in [0.2, 0.25) is 5.78 Å². The van der Waals surface area contributed by atoms with Gasteiger partial charge in [0.25, 0.3) is 5.69 Å². The maximum absolute atomic E-state index is 12.1. The number of ketones is 1. The van der Waals surface area contributed by atoms with E-state index in [1.165, 1.54) is 12.1 Å². The number of hydrogen-bond acceptors (Lipinski definition) is 4. The van der Waals surface area contributed by atoms with E-state index in [0.29, 0.717) is 16.9 Å². The molecule has 0 aromatic heterocycles. The molecule has 0 unspecified atom stereocenters. The second-order valence-electron chi connectivity index (χ2n) is 4.28. The molecule has 98 valence electrons. The number of nitro benzene ring substituents is 1. The molecule has 1 heterocycles. The number of rotatable bonds is 2. The Balaban J connectivity index is 1.91. The average Bonchev–Trinajstić information content (AvgIpc) is 2.77. The van der Waals surface area contributed by atoms with Crippen LogP contribution in [0.4, 0.5) is 5.69 Å². The summed E-state index contributed by atoms with van der Waals surface area (Å²) in [6.45, 7) is 0. The van der Waals surface area contributed by atoms with E-state index in [0.717, 1.165) is 0 Å². The predicted octanol–water partition coefficient (Wildman–Crippen LogP) is 3.21. The highest BCUT2D eigenvalue weighted by Crippen LogP contribution is 2.31. The van der Waals surface area contributed by atoms with E-state index in [1.807, 2.05) is 0 Å². The van der Waals surface area contributed by atoms with Crippen molar-refractivity contribution in [3.8, 4) is 5.75 Å². The van der Waals surface area contributed by atoms with Crippen LogP contribution in [0.3, 0.4) is 0 Å². The molecule has 1 aliphatic rings. The monoisotopic (exact) mass is 267 g/mol. The van der Waals surface area contributed by atoms with Crippen LogP contribution in [0.15, 0.2) is 54.3 Å². The zero-order valence-electron chi connectivity index (χ0n) is 10.3. The van der Waals surface area contributed by atoms with Crippen LogP contribution < -0.4 is 4.74 Å². The van der Waals surface area contributed by atoms with Crippen LogP contribution in [-0.4, -0.2) is 10.7 Å². The molecular formula is C15H9NO4. The summed E-state index contributed by atoms with van der Waals surface area (Å²) in [7, 11) is 0. The fourth-order valence-corrected chi connectivity index (χ4v) is 1.98. The number of benzene rings is 2. The van der Waals surface area contributed by atoms with E-state index in [1.54, 1.807) is 42.5 Å². The Bertz CT molecular complexity index is 732. The van der Waals surface area contributed by atoms with Crippen molar-refractivity contribution in [2.24, 2.45) is 0 Å². The molecule has 0 aliphatic carbocycles. The molecule has 0 spiro atoms. The number of allylic oxidation sites excluding steroid dienone is 1. The summed E-state index contributed by atoms with van der Waals surface area (Å²) in [5, 5.41) is 10.6. The Labute approximate surface area is 114 Å². The number of para-hydroxylation sites is 1. The van der Waals surface area contributed by atoms with Crippen molar-refractivity contribution in [3.05, 3.63) is 75.5 Å². The second-order valence-corrected chi connectivity index (χ2v) is 4.28. The predicted molar refractivity (Wildman–Crippen MR) is 72.5 cm³/mol. The first-order valence-electron chi connectivity index (χ1n) is 5.93. The van der Waals surface area contributed by atoms with Crippen molar-refractivity contribution >= 4 is 17.5 Å². The quantitative estimate of drug-likeness (QED) is 0.476. The minimum Gasteiger partial charge on any atom is -0.452 e. The molecule has 0 saturated carbocycles. The minimum absolute atomic E-state index is 0.00843. The summed E-state index contributed by atoms with van der Waals surface area (Å²) in [4.78, 5) is 22.2. The van der Waals surface area contributed by atoms with Gasteiger partial charge in [0, 0.05) is 12.1 Å². The van der Waals surface area contributed by atoms with Crippen LogP contribution in [0, 0.1) is 10.1 Å². The van der Waals surface area contributed by atoms with Gasteiger partial charge in [-0.05, 0) is 35.9 Å². The summed E-state index contributed by atoms with van der Waals surface area (Å²) in [6, 6.07) is 12.9. The molecule has 2 aromatic carbocycles. The maximum Gasteiger partial charge on any atom is 0.269 e. The van der Waals surface area contributed by atoms with Crippen molar-refractivity contribution in [1.29, 1.82) is 0 Å². The molecule has 0 atom stereocenters. The molecule has 1 aliphatic heterocycles. The third-order valence-electron chi connectivity index (χ3n) is 2.98. The number of carbonyl (C=O) groups excluding carboxylic acids is 1. The first-order valence-corrected chi connectivity index (χ1v) is 5.93. The van der Waals surface area contributed by atoms with Crippen molar-refractivity contribution in [2.45, 2.75) is 0 Å². The zero-order chi connectivity index (χ0) is 14.1. The lowest BCUT2D eigenvalue weighted by Gasteiger charge is -1.98. The molecule has 0 saturated heterocycles. The molecule has 3 rings (SSSR count). The van der Waals surface area contributed by atoms with Gasteiger partial charge < -0.3 is 4.74 Å². The minimum atomic E-state index is -0.468. The van der Waals surface area contributed by atoms with Crippen molar-refractivity contribution < 1.29 is 14.5 Å². The van der Waals surface area contributed by atoms with Gasteiger partial charge in [0.1, 0.15) is 5.75 Å². The van der Waals surface area contributed by atoms with Gasteiger partial charge in [-0.1, -0.05) is 12.1 Å². The van der Waals surface area contributed by atoms with Crippen LogP contribution >= 0.6 is 0 Å². The van der Waals surface area contributed by atoms with E-state index in [9.17, 15) is 14.9 Å². The first kappa shape index (κ1) is 12.1. The molecule has 0 fully saturated rings. The van der Waals surface area contributed by atoms with Crippen LogP contribution in [0.2, 0.25) is 0 Å². The Morgan fingerprint density at radius 3 is 2.40 bits per heavy atom. The SMILES string of the molecule is O=C1/C(=C/c2ccc([N+](=O)[O-])cc2)Oc2ccccc21. The van der Waals surface area contributed by atoms with E-state index < -0.39 is 4.92 Å². The number of carbonyl (C=O) groups is 1. The number of non-ortho nitro benzene ring substituents is 1. The van der Waals surface area contributed by atoms with Crippen LogP contribution in [0.5, 0.6) is 5.75 Å². The summed E-state index contributed by atoms with van der Waals surface area (Å²) in [6.07, 6.45) is 1.58. The second kappa shape index (κ2) is 4.62. The van der Waals surface area contributed by atoms with Gasteiger partial charge in [-0.3, -0.25) is 14.9 Å². The lowest BCUT2D eigenvalue weighted by molar-refractivity contribution is -0.384. The van der Waals surface area contributed by atoms with Crippen LogP contribution in [0.1, 0.15) is 15.9 Å². The third kappa shape index (κ3) is 2.05. The highest BCUT2D eigenvalue weighted by Gasteiger charge is 2.26. The molecule has 5 nitrogen and oxygen atoms in total. The molecule has 2 aromatic rings. The van der Waals surface area contributed by atoms with Gasteiger partial charge in [0.15, 0.2) is 5.76 Å². The molecule has 0 radical (unpaired) electrons. The molecule has 0 N–H and O–H groups in total. The van der Waals surface area contributed by atoms with Gasteiger partial charge in [-0.15, -0.1) is 0 Å². The van der Waals surface area contributed by atoms with Gasteiger partial charge >= 0.3 is 0 Å². The Morgan fingerprint density at radius 2 is 1.75 bits per heavy atom. The van der Waals surface area contributed by atoms with Crippen LogP contribution in [0.25, 0.3) is 6.08 Å². The van der Waals surface area contributed by atoms with Crippen molar-refractivity contribution in [2.75, 3.05) is 0 Å². The van der Waals surface area contributed by atoms with Gasteiger partial charge in [-0.25, -0.2) is 0 Å². The van der Waals surface area contributed by atoms with E-state index in [2.05, 4.69) is 0 Å². The molecule has 5 heteroatoms. The molecule has 0 bridgehead atoms. The average molecular weight is 267 g/mol. The summed E-state index contributed by atoms with van der Waals surface area (Å²) >= 11 is 0. The smallest absolute Gasteiger partial charge is 0.269 e. The Morgan fingerprint density at radius 1 is 1.05 bits per heavy atom. The fourth-order valence-electron chi connectivity index (χ4n) is 1.98. The lowest BCUT2D eigenvalue weighted by atomic mass is 10.1. The van der Waals surface area contributed by atoms with Gasteiger partial charge in [-0.2, -0.15) is 0 Å².